The van der Waals surface area contributed by atoms with E-state index in [1.54, 1.807) is 0 Å². The largest absolute Gasteiger partial charge is 0.487 e. The Bertz CT molecular complexity index is 401. The summed E-state index contributed by atoms with van der Waals surface area (Å²) in [7, 11) is 1.94. The van der Waals surface area contributed by atoms with Gasteiger partial charge in [0, 0.05) is 24.1 Å². The quantitative estimate of drug-likeness (QED) is 0.869. The number of ether oxygens (including phenoxy) is 1. The molecule has 0 bridgehead atoms. The third-order valence-electron chi connectivity index (χ3n) is 3.89. The molecule has 0 saturated heterocycles. The lowest BCUT2D eigenvalue weighted by Crippen LogP contribution is -2.42. The number of nitrogens with one attached hydrogen (secondary N) is 1. The van der Waals surface area contributed by atoms with Crippen LogP contribution in [0, 0.1) is 5.82 Å². The van der Waals surface area contributed by atoms with Gasteiger partial charge in [0.2, 0.25) is 0 Å². The lowest BCUT2D eigenvalue weighted by molar-refractivity contribution is 0.0235. The van der Waals surface area contributed by atoms with Gasteiger partial charge in [0.1, 0.15) is 17.2 Å². The Morgan fingerprint density at radius 2 is 2.12 bits per heavy atom. The van der Waals surface area contributed by atoms with Gasteiger partial charge in [-0.1, -0.05) is 19.9 Å². The van der Waals surface area contributed by atoms with Crippen LogP contribution in [-0.4, -0.2) is 12.6 Å². The molecule has 94 valence electrons. The second-order valence-electron chi connectivity index (χ2n) is 4.72. The monoisotopic (exact) mass is 237 g/mol. The first-order chi connectivity index (χ1) is 8.14. The van der Waals surface area contributed by atoms with Crippen LogP contribution in [0.5, 0.6) is 5.75 Å². The maximum atomic E-state index is 13.3. The van der Waals surface area contributed by atoms with Crippen LogP contribution in [-0.2, 0) is 0 Å². The van der Waals surface area contributed by atoms with Gasteiger partial charge in [0.15, 0.2) is 0 Å². The highest BCUT2D eigenvalue weighted by molar-refractivity contribution is 5.39. The van der Waals surface area contributed by atoms with Crippen LogP contribution in [0.15, 0.2) is 18.2 Å². The molecule has 1 aromatic rings. The molecule has 2 rings (SSSR count). The lowest BCUT2D eigenvalue weighted by atomic mass is 9.83. The maximum absolute atomic E-state index is 13.3. The molecule has 17 heavy (non-hydrogen) atoms. The highest BCUT2D eigenvalue weighted by atomic mass is 19.1. The van der Waals surface area contributed by atoms with Crippen LogP contribution < -0.4 is 10.1 Å². The zero-order valence-electron chi connectivity index (χ0n) is 10.7. The number of halogens is 1. The highest BCUT2D eigenvalue weighted by Crippen LogP contribution is 2.42. The highest BCUT2D eigenvalue weighted by Gasteiger charge is 2.37. The van der Waals surface area contributed by atoms with Crippen LogP contribution >= 0.6 is 0 Å². The molecule has 1 aliphatic heterocycles. The summed E-state index contributed by atoms with van der Waals surface area (Å²) in [5.74, 6) is 0.459. The van der Waals surface area contributed by atoms with Gasteiger partial charge < -0.3 is 10.1 Å². The van der Waals surface area contributed by atoms with Crippen molar-refractivity contribution in [3.8, 4) is 5.75 Å². The van der Waals surface area contributed by atoms with Crippen LogP contribution in [0.3, 0.4) is 0 Å². The summed E-state index contributed by atoms with van der Waals surface area (Å²) in [5.41, 5.74) is 0.903. The van der Waals surface area contributed by atoms with Gasteiger partial charge in [-0.2, -0.15) is 0 Å². The summed E-state index contributed by atoms with van der Waals surface area (Å²) in [6.45, 7) is 4.25. The molecule has 1 heterocycles. The summed E-state index contributed by atoms with van der Waals surface area (Å²) < 4.78 is 19.3. The Hall–Kier alpha value is -1.09. The lowest BCUT2D eigenvalue weighted by Gasteiger charge is -2.41. The molecule has 1 aromatic carbocycles. The van der Waals surface area contributed by atoms with Gasteiger partial charge in [-0.25, -0.2) is 4.39 Å². The first-order valence-corrected chi connectivity index (χ1v) is 6.30. The van der Waals surface area contributed by atoms with Gasteiger partial charge in [-0.15, -0.1) is 0 Å². The van der Waals surface area contributed by atoms with Gasteiger partial charge in [0.05, 0.1) is 0 Å². The molecule has 0 amide bonds. The minimum atomic E-state index is -0.235. The van der Waals surface area contributed by atoms with Crippen molar-refractivity contribution in [1.29, 1.82) is 0 Å². The van der Waals surface area contributed by atoms with Crippen molar-refractivity contribution in [3.05, 3.63) is 29.6 Å². The number of fused-ring (bicyclic) bond motifs is 1. The summed E-state index contributed by atoms with van der Waals surface area (Å²) >= 11 is 0. The number of benzene rings is 1. The smallest absolute Gasteiger partial charge is 0.127 e. The molecule has 1 unspecified atom stereocenters. The summed E-state index contributed by atoms with van der Waals surface area (Å²) in [6, 6.07) is 5.07. The van der Waals surface area contributed by atoms with Crippen molar-refractivity contribution in [1.82, 2.24) is 5.32 Å². The van der Waals surface area contributed by atoms with Crippen molar-refractivity contribution in [2.24, 2.45) is 0 Å². The fraction of sp³-hybridized carbons (Fsp3) is 0.571. The van der Waals surface area contributed by atoms with Crippen molar-refractivity contribution in [2.45, 2.75) is 44.8 Å². The summed E-state index contributed by atoms with van der Waals surface area (Å²) in [5, 5.41) is 3.30. The second-order valence-corrected chi connectivity index (χ2v) is 4.72. The van der Waals surface area contributed by atoms with Crippen LogP contribution in [0.1, 0.15) is 44.7 Å². The summed E-state index contributed by atoms with van der Waals surface area (Å²) in [6.07, 6.45) is 2.82. The summed E-state index contributed by atoms with van der Waals surface area (Å²) in [4.78, 5) is 0. The Kier molecular flexibility index (Phi) is 3.38. The van der Waals surface area contributed by atoms with E-state index in [0.29, 0.717) is 5.75 Å². The van der Waals surface area contributed by atoms with Crippen LogP contribution in [0.4, 0.5) is 4.39 Å². The Morgan fingerprint density at radius 3 is 2.71 bits per heavy atom. The van der Waals surface area contributed by atoms with Gasteiger partial charge in [-0.05, 0) is 26.0 Å². The molecule has 2 nitrogen and oxygen atoms in total. The van der Waals surface area contributed by atoms with E-state index in [1.807, 2.05) is 13.1 Å². The minimum absolute atomic E-state index is 0.158. The van der Waals surface area contributed by atoms with Crippen molar-refractivity contribution < 1.29 is 9.13 Å². The first-order valence-electron chi connectivity index (χ1n) is 6.30. The molecule has 0 fully saturated rings. The third kappa shape index (κ3) is 2.16. The molecule has 3 heteroatoms. The minimum Gasteiger partial charge on any atom is -0.487 e. The molecule has 0 saturated carbocycles. The molecular formula is C14H20FNO. The molecule has 1 atom stereocenters. The van der Waals surface area contributed by atoms with E-state index < -0.39 is 0 Å². The standard InChI is InChI=1S/C14H20FNO/c1-4-14(5-2)9-12(16-3)11-7-6-10(15)8-13(11)17-14/h6-8,12,16H,4-5,9H2,1-3H3. The fourth-order valence-electron chi connectivity index (χ4n) is 2.58. The fourth-order valence-corrected chi connectivity index (χ4v) is 2.58. The van der Waals surface area contributed by atoms with E-state index in [0.717, 1.165) is 24.8 Å². The van der Waals surface area contributed by atoms with E-state index in [-0.39, 0.29) is 17.5 Å². The molecule has 1 aliphatic rings. The topological polar surface area (TPSA) is 21.3 Å². The average Bonchev–Trinajstić information content (AvgIpc) is 2.36. The van der Waals surface area contributed by atoms with Crippen molar-refractivity contribution >= 4 is 0 Å². The molecule has 0 aliphatic carbocycles. The second kappa shape index (κ2) is 4.65. The zero-order valence-corrected chi connectivity index (χ0v) is 10.7. The average molecular weight is 237 g/mol. The van der Waals surface area contributed by atoms with Crippen molar-refractivity contribution in [2.75, 3.05) is 7.05 Å². The Balaban J connectivity index is 2.42. The molecule has 0 spiro atoms. The van der Waals surface area contributed by atoms with Crippen LogP contribution in [0.25, 0.3) is 0 Å². The Labute approximate surface area is 102 Å². The van der Waals surface area contributed by atoms with Gasteiger partial charge >= 0.3 is 0 Å². The van der Waals surface area contributed by atoms with Gasteiger partial charge in [-0.3, -0.25) is 0 Å². The predicted octanol–water partition coefficient (Wildman–Crippen LogP) is 3.43. The number of hydrogen-bond acceptors (Lipinski definition) is 2. The normalized spacial score (nSPS) is 21.8. The van der Waals surface area contributed by atoms with E-state index in [4.69, 9.17) is 4.74 Å². The zero-order chi connectivity index (χ0) is 12.5. The molecule has 1 N–H and O–H groups in total. The first kappa shape index (κ1) is 12.4. The predicted molar refractivity (Wildman–Crippen MR) is 66.8 cm³/mol. The van der Waals surface area contributed by atoms with E-state index in [1.165, 1.54) is 12.1 Å². The molecular weight excluding hydrogens is 217 g/mol. The van der Waals surface area contributed by atoms with Crippen LogP contribution in [0.2, 0.25) is 0 Å². The molecule has 0 radical (unpaired) electrons. The number of hydrogen-bond donors (Lipinski definition) is 1. The molecule has 0 aromatic heterocycles. The van der Waals surface area contributed by atoms with Gasteiger partial charge in [0.25, 0.3) is 0 Å². The Morgan fingerprint density at radius 1 is 1.41 bits per heavy atom. The van der Waals surface area contributed by atoms with E-state index in [2.05, 4.69) is 19.2 Å². The van der Waals surface area contributed by atoms with E-state index >= 15 is 0 Å². The number of rotatable bonds is 3. The van der Waals surface area contributed by atoms with Crippen molar-refractivity contribution in [3.63, 3.8) is 0 Å². The van der Waals surface area contributed by atoms with E-state index in [9.17, 15) is 4.39 Å². The SMILES string of the molecule is CCC1(CC)CC(NC)c2ccc(F)cc2O1. The third-order valence-corrected chi connectivity index (χ3v) is 3.89. The maximum Gasteiger partial charge on any atom is 0.127 e.